The maximum Gasteiger partial charge on any atom is 0.170 e. The number of benzene rings is 1. The van der Waals surface area contributed by atoms with E-state index in [9.17, 15) is 4.21 Å². The van der Waals surface area contributed by atoms with Gasteiger partial charge in [0.05, 0.1) is 0 Å². The van der Waals surface area contributed by atoms with E-state index in [-0.39, 0.29) is 11.9 Å². The molecule has 0 bridgehead atoms. The van der Waals surface area contributed by atoms with Crippen molar-refractivity contribution >= 4 is 16.6 Å². The Kier molecular flexibility index (Phi) is 5.80. The number of hydrogen-bond acceptors (Lipinski definition) is 4. The number of nitrogens with two attached hydrogens (primary N) is 1. The molecule has 0 heterocycles. The zero-order chi connectivity index (χ0) is 13.5. The maximum absolute atomic E-state index is 11.1. The van der Waals surface area contributed by atoms with Crippen LogP contribution in [0, 0.1) is 0 Å². The van der Waals surface area contributed by atoms with E-state index in [0.29, 0.717) is 17.9 Å². The number of amidine groups is 1. The van der Waals surface area contributed by atoms with Crippen LogP contribution in [-0.4, -0.2) is 33.3 Å². The molecule has 0 radical (unpaired) electrons. The lowest BCUT2D eigenvalue weighted by Gasteiger charge is -2.14. The second-order valence-electron chi connectivity index (χ2n) is 4.16. The minimum atomic E-state index is -0.820. The van der Waals surface area contributed by atoms with Gasteiger partial charge in [-0.2, -0.15) is 0 Å². The Morgan fingerprint density at radius 1 is 1.56 bits per heavy atom. The van der Waals surface area contributed by atoms with Crippen LogP contribution in [0.25, 0.3) is 0 Å². The zero-order valence-corrected chi connectivity index (χ0v) is 11.4. The van der Waals surface area contributed by atoms with Crippen molar-refractivity contribution in [3.05, 3.63) is 35.4 Å². The van der Waals surface area contributed by atoms with Crippen molar-refractivity contribution in [3.8, 4) is 0 Å². The SMILES string of the molecule is CC(CS(C)=O)NCc1ccccc1/C(N)=N/O. The molecule has 0 saturated heterocycles. The lowest BCUT2D eigenvalue weighted by Crippen LogP contribution is -2.31. The van der Waals surface area contributed by atoms with E-state index in [1.165, 1.54) is 0 Å². The van der Waals surface area contributed by atoms with Crippen LogP contribution in [-0.2, 0) is 17.3 Å². The van der Waals surface area contributed by atoms with E-state index in [0.717, 1.165) is 5.56 Å². The predicted octanol–water partition coefficient (Wildman–Crippen LogP) is 0.638. The van der Waals surface area contributed by atoms with Crippen LogP contribution in [0.2, 0.25) is 0 Å². The largest absolute Gasteiger partial charge is 0.409 e. The zero-order valence-electron chi connectivity index (χ0n) is 10.6. The van der Waals surface area contributed by atoms with Crippen LogP contribution in [0.5, 0.6) is 0 Å². The van der Waals surface area contributed by atoms with Gasteiger partial charge in [0.1, 0.15) is 0 Å². The highest BCUT2D eigenvalue weighted by atomic mass is 32.2. The van der Waals surface area contributed by atoms with Gasteiger partial charge < -0.3 is 16.3 Å². The molecule has 2 unspecified atom stereocenters. The molecule has 1 aromatic carbocycles. The van der Waals surface area contributed by atoms with Crippen molar-refractivity contribution < 1.29 is 9.42 Å². The molecule has 0 aliphatic carbocycles. The minimum Gasteiger partial charge on any atom is -0.409 e. The first-order valence-electron chi connectivity index (χ1n) is 5.63. The monoisotopic (exact) mass is 269 g/mol. The van der Waals surface area contributed by atoms with Gasteiger partial charge in [-0.15, -0.1) is 0 Å². The molecule has 0 aromatic heterocycles. The standard InChI is InChI=1S/C12H19N3O2S/c1-9(8-18(2)17)14-7-10-5-3-4-6-11(10)12(13)15-16/h3-6,9,14,16H,7-8H2,1-2H3,(H2,13,15). The molecule has 5 nitrogen and oxygen atoms in total. The van der Waals surface area contributed by atoms with E-state index in [1.807, 2.05) is 25.1 Å². The van der Waals surface area contributed by atoms with Crippen molar-refractivity contribution in [3.63, 3.8) is 0 Å². The lowest BCUT2D eigenvalue weighted by molar-refractivity contribution is 0.318. The Bertz CT molecular complexity index is 449. The second kappa shape index (κ2) is 7.13. The topological polar surface area (TPSA) is 87.7 Å². The van der Waals surface area contributed by atoms with Crippen molar-refractivity contribution in [2.75, 3.05) is 12.0 Å². The van der Waals surface area contributed by atoms with Crippen molar-refractivity contribution in [2.45, 2.75) is 19.5 Å². The summed E-state index contributed by atoms with van der Waals surface area (Å²) in [7, 11) is -0.820. The van der Waals surface area contributed by atoms with Crippen LogP contribution in [0.1, 0.15) is 18.1 Å². The number of hydrogen-bond donors (Lipinski definition) is 3. The summed E-state index contributed by atoms with van der Waals surface area (Å²) in [6, 6.07) is 7.59. The normalized spacial score (nSPS) is 15.3. The molecule has 0 fully saturated rings. The summed E-state index contributed by atoms with van der Waals surface area (Å²) < 4.78 is 11.1. The number of nitrogens with one attached hydrogen (secondary N) is 1. The van der Waals surface area contributed by atoms with E-state index in [4.69, 9.17) is 10.9 Å². The molecule has 2 atom stereocenters. The number of rotatable bonds is 6. The van der Waals surface area contributed by atoms with Crippen LogP contribution in [0.15, 0.2) is 29.4 Å². The molecule has 0 aliphatic heterocycles. The lowest BCUT2D eigenvalue weighted by atomic mass is 10.1. The van der Waals surface area contributed by atoms with E-state index in [1.54, 1.807) is 12.3 Å². The van der Waals surface area contributed by atoms with Crippen LogP contribution in [0.4, 0.5) is 0 Å². The fraction of sp³-hybridized carbons (Fsp3) is 0.417. The summed E-state index contributed by atoms with van der Waals surface area (Å²) in [5, 5.41) is 15.0. The smallest absolute Gasteiger partial charge is 0.170 e. The molecule has 0 amide bonds. The number of oxime groups is 1. The molecular weight excluding hydrogens is 250 g/mol. The molecule has 6 heteroatoms. The minimum absolute atomic E-state index is 0.0964. The fourth-order valence-corrected chi connectivity index (χ4v) is 2.50. The van der Waals surface area contributed by atoms with Gasteiger partial charge in [0, 0.05) is 41.0 Å². The maximum atomic E-state index is 11.1. The second-order valence-corrected chi connectivity index (χ2v) is 5.64. The van der Waals surface area contributed by atoms with Gasteiger partial charge in [-0.05, 0) is 12.5 Å². The van der Waals surface area contributed by atoms with Crippen LogP contribution < -0.4 is 11.1 Å². The van der Waals surface area contributed by atoms with Gasteiger partial charge in [-0.3, -0.25) is 4.21 Å². The Labute approximate surface area is 110 Å². The molecule has 0 saturated carbocycles. The highest BCUT2D eigenvalue weighted by Gasteiger charge is 2.08. The predicted molar refractivity (Wildman–Crippen MR) is 74.2 cm³/mol. The van der Waals surface area contributed by atoms with E-state index < -0.39 is 10.8 Å². The van der Waals surface area contributed by atoms with Gasteiger partial charge in [0.25, 0.3) is 0 Å². The van der Waals surface area contributed by atoms with Gasteiger partial charge in [0.15, 0.2) is 5.84 Å². The van der Waals surface area contributed by atoms with E-state index in [2.05, 4.69) is 10.5 Å². The third-order valence-electron chi connectivity index (χ3n) is 2.53. The molecule has 100 valence electrons. The van der Waals surface area contributed by atoms with Gasteiger partial charge >= 0.3 is 0 Å². The summed E-state index contributed by atoms with van der Waals surface area (Å²) in [5.41, 5.74) is 7.26. The molecule has 0 aliphatic rings. The quantitative estimate of drug-likeness (QED) is 0.306. The van der Waals surface area contributed by atoms with Crippen molar-refractivity contribution in [1.82, 2.24) is 5.32 Å². The molecule has 18 heavy (non-hydrogen) atoms. The summed E-state index contributed by atoms with van der Waals surface area (Å²) >= 11 is 0. The highest BCUT2D eigenvalue weighted by Crippen LogP contribution is 2.08. The first-order valence-corrected chi connectivity index (χ1v) is 7.36. The van der Waals surface area contributed by atoms with Crippen molar-refractivity contribution in [1.29, 1.82) is 0 Å². The summed E-state index contributed by atoms with van der Waals surface area (Å²) in [5.74, 6) is 0.699. The van der Waals surface area contributed by atoms with Gasteiger partial charge in [-0.25, -0.2) is 0 Å². The van der Waals surface area contributed by atoms with E-state index >= 15 is 0 Å². The summed E-state index contributed by atoms with van der Waals surface area (Å²) in [4.78, 5) is 0. The summed E-state index contributed by atoms with van der Waals surface area (Å²) in [6.45, 7) is 2.57. The average Bonchev–Trinajstić information content (AvgIpc) is 2.35. The Morgan fingerprint density at radius 2 is 2.22 bits per heavy atom. The molecule has 1 rings (SSSR count). The fourth-order valence-electron chi connectivity index (χ4n) is 1.67. The number of nitrogens with zero attached hydrogens (tertiary/aromatic N) is 1. The Morgan fingerprint density at radius 3 is 2.83 bits per heavy atom. The summed E-state index contributed by atoms with van der Waals surface area (Å²) in [6.07, 6.45) is 1.68. The first kappa shape index (κ1) is 14.7. The third-order valence-corrected chi connectivity index (χ3v) is 3.50. The third kappa shape index (κ3) is 4.46. The Balaban J connectivity index is 2.70. The van der Waals surface area contributed by atoms with Gasteiger partial charge in [-0.1, -0.05) is 29.4 Å². The van der Waals surface area contributed by atoms with Crippen LogP contribution >= 0.6 is 0 Å². The first-order chi connectivity index (χ1) is 8.54. The molecular formula is C12H19N3O2S. The molecule has 1 aromatic rings. The molecule has 0 spiro atoms. The Hall–Kier alpha value is -1.40. The average molecular weight is 269 g/mol. The van der Waals surface area contributed by atoms with Gasteiger partial charge in [0.2, 0.25) is 0 Å². The molecule has 4 N–H and O–H groups in total. The van der Waals surface area contributed by atoms with Crippen molar-refractivity contribution in [2.24, 2.45) is 10.9 Å². The highest BCUT2D eigenvalue weighted by molar-refractivity contribution is 7.84. The van der Waals surface area contributed by atoms with Crippen LogP contribution in [0.3, 0.4) is 0 Å².